The monoisotopic (exact) mass is 384 g/mol. The van der Waals surface area contributed by atoms with E-state index in [1.54, 1.807) is 24.3 Å². The molecule has 0 fully saturated rings. The molecule has 2 aromatic carbocycles. The van der Waals surface area contributed by atoms with Gasteiger partial charge in [0.2, 0.25) is 15.9 Å². The summed E-state index contributed by atoms with van der Waals surface area (Å²) in [5, 5.41) is 2.78. The minimum Gasteiger partial charge on any atom is -0.468 e. The predicted molar refractivity (Wildman–Crippen MR) is 103 cm³/mol. The second kappa shape index (κ2) is 8.20. The van der Waals surface area contributed by atoms with E-state index in [0.29, 0.717) is 11.4 Å². The Balaban J connectivity index is 1.61. The van der Waals surface area contributed by atoms with Gasteiger partial charge in [0.1, 0.15) is 5.76 Å². The number of sulfonamides is 1. The van der Waals surface area contributed by atoms with Crippen molar-refractivity contribution in [1.29, 1.82) is 0 Å². The molecule has 0 saturated carbocycles. The number of anilines is 1. The van der Waals surface area contributed by atoms with Gasteiger partial charge < -0.3 is 9.73 Å². The molecule has 140 valence electrons. The normalized spacial score (nSPS) is 11.3. The number of carbonyl (C=O) groups is 1. The van der Waals surface area contributed by atoms with Crippen LogP contribution in [0.25, 0.3) is 0 Å². The molecule has 27 heavy (non-hydrogen) atoms. The highest BCUT2D eigenvalue weighted by molar-refractivity contribution is 7.89. The Labute approximate surface area is 158 Å². The molecule has 0 radical (unpaired) electrons. The van der Waals surface area contributed by atoms with Crippen LogP contribution in [0.4, 0.5) is 5.69 Å². The summed E-state index contributed by atoms with van der Waals surface area (Å²) in [6.45, 7) is 2.03. The maximum absolute atomic E-state index is 12.3. The number of aryl methyl sites for hydroxylation is 1. The van der Waals surface area contributed by atoms with Gasteiger partial charge in [-0.15, -0.1) is 0 Å². The van der Waals surface area contributed by atoms with Crippen molar-refractivity contribution in [2.75, 3.05) is 5.32 Å². The van der Waals surface area contributed by atoms with Crippen LogP contribution in [0.2, 0.25) is 0 Å². The fourth-order valence-electron chi connectivity index (χ4n) is 2.57. The molecule has 1 amide bonds. The highest BCUT2D eigenvalue weighted by atomic mass is 32.2. The van der Waals surface area contributed by atoms with Crippen molar-refractivity contribution >= 4 is 21.6 Å². The van der Waals surface area contributed by atoms with Crippen molar-refractivity contribution in [1.82, 2.24) is 4.72 Å². The predicted octanol–water partition coefficient (Wildman–Crippen LogP) is 3.25. The SMILES string of the molecule is Cc1ccccc1CC(=O)Nc1ccc(S(=O)(=O)NCc2ccco2)cc1. The maximum Gasteiger partial charge on any atom is 0.240 e. The highest BCUT2D eigenvalue weighted by Gasteiger charge is 2.14. The van der Waals surface area contributed by atoms with Gasteiger partial charge in [0.15, 0.2) is 0 Å². The first kappa shape index (κ1) is 18.9. The summed E-state index contributed by atoms with van der Waals surface area (Å²) in [7, 11) is -3.66. The topological polar surface area (TPSA) is 88.4 Å². The summed E-state index contributed by atoms with van der Waals surface area (Å²) < 4.78 is 32.2. The number of amides is 1. The third-order valence-electron chi connectivity index (χ3n) is 4.08. The van der Waals surface area contributed by atoms with Crippen LogP contribution in [0.5, 0.6) is 0 Å². The molecule has 1 heterocycles. The molecule has 0 aliphatic heterocycles. The first-order valence-electron chi connectivity index (χ1n) is 8.40. The molecule has 7 heteroatoms. The Morgan fingerprint density at radius 1 is 1.00 bits per heavy atom. The molecule has 0 saturated heterocycles. The second-order valence-electron chi connectivity index (χ2n) is 6.08. The number of hydrogen-bond donors (Lipinski definition) is 2. The summed E-state index contributed by atoms with van der Waals surface area (Å²) in [4.78, 5) is 12.3. The largest absolute Gasteiger partial charge is 0.468 e. The summed E-state index contributed by atoms with van der Waals surface area (Å²) in [6.07, 6.45) is 1.75. The highest BCUT2D eigenvalue weighted by Crippen LogP contribution is 2.16. The van der Waals surface area contributed by atoms with Crippen LogP contribution >= 0.6 is 0 Å². The van der Waals surface area contributed by atoms with Crippen LogP contribution in [0.3, 0.4) is 0 Å². The average Bonchev–Trinajstić information content (AvgIpc) is 3.16. The van der Waals surface area contributed by atoms with Crippen molar-refractivity contribution in [2.45, 2.75) is 24.8 Å². The zero-order valence-electron chi connectivity index (χ0n) is 14.8. The standard InChI is InChI=1S/C20H20N2O4S/c1-15-5-2-3-6-16(15)13-20(23)22-17-8-10-19(11-9-17)27(24,25)21-14-18-7-4-12-26-18/h2-12,21H,13-14H2,1H3,(H,22,23). The van der Waals surface area contributed by atoms with Crippen molar-refractivity contribution < 1.29 is 17.6 Å². The van der Waals surface area contributed by atoms with Gasteiger partial charge in [0.25, 0.3) is 0 Å². The van der Waals surface area contributed by atoms with Crippen molar-refractivity contribution in [3.63, 3.8) is 0 Å². The fraction of sp³-hybridized carbons (Fsp3) is 0.150. The van der Waals surface area contributed by atoms with E-state index in [1.807, 2.05) is 31.2 Å². The summed E-state index contributed by atoms with van der Waals surface area (Å²) >= 11 is 0. The summed E-state index contributed by atoms with van der Waals surface area (Å²) in [5.41, 5.74) is 2.55. The van der Waals surface area contributed by atoms with Gasteiger partial charge in [-0.05, 0) is 54.4 Å². The molecule has 0 spiro atoms. The van der Waals surface area contributed by atoms with Crippen molar-refractivity contribution in [3.8, 4) is 0 Å². The molecular weight excluding hydrogens is 364 g/mol. The van der Waals surface area contributed by atoms with E-state index in [0.717, 1.165) is 11.1 Å². The fourth-order valence-corrected chi connectivity index (χ4v) is 3.56. The van der Waals surface area contributed by atoms with E-state index in [9.17, 15) is 13.2 Å². The smallest absolute Gasteiger partial charge is 0.240 e. The molecule has 0 aliphatic carbocycles. The Kier molecular flexibility index (Phi) is 5.73. The molecular formula is C20H20N2O4S. The van der Waals surface area contributed by atoms with Gasteiger partial charge in [0, 0.05) is 5.69 Å². The van der Waals surface area contributed by atoms with Crippen LogP contribution in [0, 0.1) is 6.92 Å². The van der Waals surface area contributed by atoms with Gasteiger partial charge in [0.05, 0.1) is 24.1 Å². The van der Waals surface area contributed by atoms with E-state index in [4.69, 9.17) is 4.42 Å². The first-order valence-corrected chi connectivity index (χ1v) is 9.89. The molecule has 3 rings (SSSR count). The summed E-state index contributed by atoms with van der Waals surface area (Å²) in [6, 6.07) is 17.1. The number of rotatable bonds is 7. The number of benzene rings is 2. The molecule has 0 atom stereocenters. The Morgan fingerprint density at radius 3 is 2.41 bits per heavy atom. The van der Waals surface area contributed by atoms with Gasteiger partial charge in [-0.1, -0.05) is 24.3 Å². The first-order chi connectivity index (χ1) is 12.9. The van der Waals surface area contributed by atoms with E-state index in [1.165, 1.54) is 18.4 Å². The van der Waals surface area contributed by atoms with Crippen molar-refractivity contribution in [3.05, 3.63) is 83.8 Å². The zero-order chi connectivity index (χ0) is 19.3. The van der Waals surface area contributed by atoms with Gasteiger partial charge in [-0.25, -0.2) is 13.1 Å². The Hall–Kier alpha value is -2.90. The third-order valence-corrected chi connectivity index (χ3v) is 5.49. The number of hydrogen-bond acceptors (Lipinski definition) is 4. The van der Waals surface area contributed by atoms with Crippen LogP contribution in [0.1, 0.15) is 16.9 Å². The van der Waals surface area contributed by atoms with Gasteiger partial charge >= 0.3 is 0 Å². The molecule has 0 bridgehead atoms. The molecule has 6 nitrogen and oxygen atoms in total. The van der Waals surface area contributed by atoms with E-state index < -0.39 is 10.0 Å². The molecule has 0 unspecified atom stereocenters. The number of carbonyl (C=O) groups excluding carboxylic acids is 1. The Morgan fingerprint density at radius 2 is 1.74 bits per heavy atom. The molecule has 0 aliphatic rings. The van der Waals surface area contributed by atoms with E-state index >= 15 is 0 Å². The zero-order valence-corrected chi connectivity index (χ0v) is 15.6. The third kappa shape index (κ3) is 5.06. The minimum atomic E-state index is -3.66. The van der Waals surface area contributed by atoms with Crippen LogP contribution in [0.15, 0.2) is 76.2 Å². The van der Waals surface area contributed by atoms with E-state index in [2.05, 4.69) is 10.0 Å². The molecule has 2 N–H and O–H groups in total. The Bertz CT molecular complexity index is 1010. The number of furan rings is 1. The van der Waals surface area contributed by atoms with E-state index in [-0.39, 0.29) is 23.8 Å². The van der Waals surface area contributed by atoms with Crippen molar-refractivity contribution in [2.24, 2.45) is 0 Å². The van der Waals surface area contributed by atoms with Crippen LogP contribution in [-0.4, -0.2) is 14.3 Å². The summed E-state index contributed by atoms with van der Waals surface area (Å²) in [5.74, 6) is 0.370. The van der Waals surface area contributed by atoms with Crippen LogP contribution in [-0.2, 0) is 27.8 Å². The minimum absolute atomic E-state index is 0.0737. The van der Waals surface area contributed by atoms with Gasteiger partial charge in [-0.3, -0.25) is 4.79 Å². The number of nitrogens with one attached hydrogen (secondary N) is 2. The van der Waals surface area contributed by atoms with Gasteiger partial charge in [-0.2, -0.15) is 0 Å². The molecule has 3 aromatic rings. The lowest BCUT2D eigenvalue weighted by atomic mass is 10.1. The van der Waals surface area contributed by atoms with Crippen LogP contribution < -0.4 is 10.0 Å². The lowest BCUT2D eigenvalue weighted by Crippen LogP contribution is -2.23. The molecule has 1 aromatic heterocycles. The maximum atomic E-state index is 12.3. The second-order valence-corrected chi connectivity index (χ2v) is 7.85. The average molecular weight is 384 g/mol. The lowest BCUT2D eigenvalue weighted by molar-refractivity contribution is -0.115. The quantitative estimate of drug-likeness (QED) is 0.654. The lowest BCUT2D eigenvalue weighted by Gasteiger charge is -2.09.